The van der Waals surface area contributed by atoms with Gasteiger partial charge in [-0.05, 0) is 38.0 Å². The highest BCUT2D eigenvalue weighted by Crippen LogP contribution is 2.37. The number of halogens is 1. The van der Waals surface area contributed by atoms with Gasteiger partial charge in [-0.25, -0.2) is 14.0 Å². The lowest BCUT2D eigenvalue weighted by Crippen LogP contribution is -2.52. The maximum atomic E-state index is 15.1. The molecular formula is C23H27FN6O5. The minimum Gasteiger partial charge on any atom is -0.450 e. The summed E-state index contributed by atoms with van der Waals surface area (Å²) in [5, 5.41) is 24.4. The highest BCUT2D eigenvalue weighted by molar-refractivity contribution is 5.90. The smallest absolute Gasteiger partial charge is 0.414 e. The second-order valence-corrected chi connectivity index (χ2v) is 8.37. The van der Waals surface area contributed by atoms with Gasteiger partial charge < -0.3 is 25.0 Å². The molecule has 3 amide bonds. The average Bonchev–Trinajstić information content (AvgIpc) is 3.22. The van der Waals surface area contributed by atoms with Crippen LogP contribution in [0.3, 0.4) is 0 Å². The zero-order valence-corrected chi connectivity index (χ0v) is 19.5. The quantitative estimate of drug-likeness (QED) is 0.595. The summed E-state index contributed by atoms with van der Waals surface area (Å²) in [7, 11) is 0. The number of ether oxygens (including phenoxy) is 2. The van der Waals surface area contributed by atoms with E-state index in [1.807, 2.05) is 6.07 Å². The molecule has 2 atom stereocenters. The number of hydrogen-bond donors (Lipinski definition) is 2. The van der Waals surface area contributed by atoms with Gasteiger partial charge in [0.2, 0.25) is 5.91 Å². The molecule has 1 aromatic carbocycles. The number of amides is 3. The van der Waals surface area contributed by atoms with Gasteiger partial charge in [-0.2, -0.15) is 10.5 Å². The molecule has 3 rings (SSSR count). The van der Waals surface area contributed by atoms with Crippen molar-refractivity contribution >= 4 is 29.5 Å². The summed E-state index contributed by atoms with van der Waals surface area (Å²) in [5.41, 5.74) is -0.501. The molecule has 11 nitrogen and oxygen atoms in total. The molecule has 186 valence electrons. The van der Waals surface area contributed by atoms with Crippen molar-refractivity contribution in [2.45, 2.75) is 38.8 Å². The molecule has 35 heavy (non-hydrogen) atoms. The van der Waals surface area contributed by atoms with Gasteiger partial charge in [-0.1, -0.05) is 0 Å². The van der Waals surface area contributed by atoms with E-state index in [0.29, 0.717) is 11.4 Å². The lowest BCUT2D eigenvalue weighted by molar-refractivity contribution is -0.119. The molecule has 2 fully saturated rings. The van der Waals surface area contributed by atoms with E-state index < -0.39 is 35.6 Å². The van der Waals surface area contributed by atoms with Crippen LogP contribution in [-0.4, -0.2) is 63.0 Å². The van der Waals surface area contributed by atoms with Crippen molar-refractivity contribution in [3.8, 4) is 12.1 Å². The summed E-state index contributed by atoms with van der Waals surface area (Å²) in [6.07, 6.45) is -1.46. The highest BCUT2D eigenvalue weighted by atomic mass is 19.1. The predicted octanol–water partition coefficient (Wildman–Crippen LogP) is 2.04. The maximum Gasteiger partial charge on any atom is 0.414 e. The molecule has 0 bridgehead atoms. The number of benzene rings is 1. The first-order chi connectivity index (χ1) is 16.7. The third-order valence-electron chi connectivity index (χ3n) is 6.13. The van der Waals surface area contributed by atoms with Gasteiger partial charge in [0.05, 0.1) is 48.6 Å². The summed E-state index contributed by atoms with van der Waals surface area (Å²) in [6, 6.07) is 7.49. The fourth-order valence-corrected chi connectivity index (χ4v) is 4.21. The number of piperidine rings is 1. The molecule has 2 saturated heterocycles. The number of carbonyl (C=O) groups excluding carboxylic acids is 3. The number of rotatable bonds is 7. The molecule has 0 spiro atoms. The van der Waals surface area contributed by atoms with Crippen molar-refractivity contribution in [1.29, 1.82) is 10.5 Å². The molecule has 2 N–H and O–H groups in total. The second kappa shape index (κ2) is 10.9. The molecule has 2 heterocycles. The Bertz CT molecular complexity index is 1060. The lowest BCUT2D eigenvalue weighted by Gasteiger charge is -2.40. The van der Waals surface area contributed by atoms with Crippen molar-refractivity contribution in [2.75, 3.05) is 42.6 Å². The van der Waals surface area contributed by atoms with Crippen LogP contribution in [0.25, 0.3) is 0 Å². The van der Waals surface area contributed by atoms with Gasteiger partial charge >= 0.3 is 12.2 Å². The number of alkyl carbamates (subject to hydrolysis) is 1. The number of cyclic esters (lactones) is 1. The van der Waals surface area contributed by atoms with E-state index in [9.17, 15) is 24.9 Å². The monoisotopic (exact) mass is 486 g/mol. The maximum absolute atomic E-state index is 15.1. The van der Waals surface area contributed by atoms with Crippen molar-refractivity contribution < 1.29 is 28.2 Å². The fourth-order valence-electron chi connectivity index (χ4n) is 4.21. The van der Waals surface area contributed by atoms with Crippen LogP contribution in [0, 0.1) is 33.9 Å². The molecule has 12 heteroatoms. The van der Waals surface area contributed by atoms with Crippen LogP contribution in [0.15, 0.2) is 18.2 Å². The van der Waals surface area contributed by atoms with Crippen LogP contribution < -0.4 is 20.4 Å². The summed E-state index contributed by atoms with van der Waals surface area (Å²) in [4.78, 5) is 38.1. The van der Waals surface area contributed by atoms with Crippen LogP contribution in [-0.2, 0) is 14.3 Å². The molecule has 2 aliphatic rings. The minimum absolute atomic E-state index is 0.137. The van der Waals surface area contributed by atoms with E-state index >= 15 is 4.39 Å². The van der Waals surface area contributed by atoms with Crippen LogP contribution in [0.1, 0.15) is 26.7 Å². The highest BCUT2D eigenvalue weighted by Gasteiger charge is 2.44. The normalized spacial score (nSPS) is 19.7. The Labute approximate surface area is 202 Å². The number of hydrogen-bond acceptors (Lipinski definition) is 8. The number of anilines is 2. The van der Waals surface area contributed by atoms with Crippen LogP contribution in [0.5, 0.6) is 0 Å². The first kappa shape index (κ1) is 25.6. The standard InChI is InChI=1S/C23H27FN6O5/c1-3-34-21(32)28-20(11-25)23(14-26)6-8-29(9-7-23)19-5-4-16(10-18(19)24)30-13-17(35-22(30)33)12-27-15(2)31/h4-5,10,17,20H,3,6-9,12-13H2,1-2H3,(H,27,31)(H,28,32)/t17-,20?/m0/s1. The Balaban J connectivity index is 1.67. The van der Waals surface area contributed by atoms with Gasteiger partial charge in [0.15, 0.2) is 0 Å². The molecule has 1 aromatic rings. The van der Waals surface area contributed by atoms with Crippen LogP contribution >= 0.6 is 0 Å². The van der Waals surface area contributed by atoms with Gasteiger partial charge in [-0.15, -0.1) is 0 Å². The zero-order chi connectivity index (χ0) is 25.6. The minimum atomic E-state index is -1.13. The molecule has 0 saturated carbocycles. The first-order valence-electron chi connectivity index (χ1n) is 11.2. The SMILES string of the molecule is CCOC(=O)NC(C#N)C1(C#N)CCN(c2ccc(N3C[C@H](CNC(C)=O)OC3=O)cc2F)CC1. The van der Waals surface area contributed by atoms with Crippen molar-refractivity contribution in [2.24, 2.45) is 5.41 Å². The van der Waals surface area contributed by atoms with E-state index in [4.69, 9.17) is 9.47 Å². The predicted molar refractivity (Wildman–Crippen MR) is 122 cm³/mol. The topological polar surface area (TPSA) is 148 Å². The van der Waals surface area contributed by atoms with Crippen LogP contribution in [0.4, 0.5) is 25.4 Å². The molecular weight excluding hydrogens is 459 g/mol. The van der Waals surface area contributed by atoms with Crippen LogP contribution in [0.2, 0.25) is 0 Å². The van der Waals surface area contributed by atoms with Crippen molar-refractivity contribution in [1.82, 2.24) is 10.6 Å². The van der Waals surface area contributed by atoms with E-state index in [1.165, 1.54) is 17.9 Å². The fraction of sp³-hybridized carbons (Fsp3) is 0.522. The first-order valence-corrected chi connectivity index (χ1v) is 11.2. The Kier molecular flexibility index (Phi) is 7.97. The summed E-state index contributed by atoms with van der Waals surface area (Å²) >= 11 is 0. The molecule has 0 radical (unpaired) electrons. The zero-order valence-electron chi connectivity index (χ0n) is 19.5. The van der Waals surface area contributed by atoms with Gasteiger partial charge in [0.1, 0.15) is 18.0 Å². The molecule has 1 unspecified atom stereocenters. The van der Waals surface area contributed by atoms with Crippen molar-refractivity contribution in [3.63, 3.8) is 0 Å². The number of carbonyl (C=O) groups is 3. The lowest BCUT2D eigenvalue weighted by atomic mass is 9.74. The largest absolute Gasteiger partial charge is 0.450 e. The number of nitrogens with one attached hydrogen (secondary N) is 2. The van der Waals surface area contributed by atoms with E-state index in [2.05, 4.69) is 16.7 Å². The Hall–Kier alpha value is -4.06. The Morgan fingerprint density at radius 1 is 1.34 bits per heavy atom. The Morgan fingerprint density at radius 2 is 2.06 bits per heavy atom. The van der Waals surface area contributed by atoms with E-state index in [1.54, 1.807) is 24.0 Å². The molecule has 0 aliphatic carbocycles. The van der Waals surface area contributed by atoms with Crippen molar-refractivity contribution in [3.05, 3.63) is 24.0 Å². The van der Waals surface area contributed by atoms with E-state index in [0.717, 1.165) is 0 Å². The van der Waals surface area contributed by atoms with Gasteiger partial charge in [-0.3, -0.25) is 9.69 Å². The molecule has 2 aliphatic heterocycles. The van der Waals surface area contributed by atoms with Gasteiger partial charge in [0.25, 0.3) is 0 Å². The Morgan fingerprint density at radius 3 is 2.63 bits per heavy atom. The molecule has 0 aromatic heterocycles. The second-order valence-electron chi connectivity index (χ2n) is 8.37. The average molecular weight is 487 g/mol. The van der Waals surface area contributed by atoms with E-state index in [-0.39, 0.29) is 51.5 Å². The number of nitriles is 2. The number of nitrogens with zero attached hydrogens (tertiary/aromatic N) is 4. The summed E-state index contributed by atoms with van der Waals surface area (Å²) < 4.78 is 25.1. The summed E-state index contributed by atoms with van der Waals surface area (Å²) in [5.74, 6) is -0.791. The third kappa shape index (κ3) is 5.72. The third-order valence-corrected chi connectivity index (χ3v) is 6.13. The van der Waals surface area contributed by atoms with Gasteiger partial charge in [0, 0.05) is 20.0 Å². The summed E-state index contributed by atoms with van der Waals surface area (Å²) in [6.45, 7) is 4.06.